The second kappa shape index (κ2) is 11.9. The number of carbonyl (C=O) groups is 1. The van der Waals surface area contributed by atoms with Crippen molar-refractivity contribution in [2.75, 3.05) is 20.3 Å². The number of hydrazone groups is 1. The number of aliphatic imine (C=N–C) groups is 1. The maximum absolute atomic E-state index is 12.9. The Morgan fingerprint density at radius 1 is 1.13 bits per heavy atom. The SMILES string of the molecule is COc1cc(/C=C2/C(=N)N3N=C(C4CCCCC4)SC3=NC2=O)cc(I)c1OCCOc1ccccc1C. The van der Waals surface area contributed by atoms with Crippen LogP contribution in [0.25, 0.3) is 6.08 Å². The summed E-state index contributed by atoms with van der Waals surface area (Å²) in [4.78, 5) is 17.1. The zero-order chi connectivity index (χ0) is 26.6. The van der Waals surface area contributed by atoms with E-state index in [0.717, 1.165) is 32.8 Å². The summed E-state index contributed by atoms with van der Waals surface area (Å²) in [6, 6.07) is 11.5. The van der Waals surface area contributed by atoms with Gasteiger partial charge in [0, 0.05) is 5.92 Å². The second-order valence-corrected chi connectivity index (χ2v) is 11.4. The highest BCUT2D eigenvalue weighted by Crippen LogP contribution is 2.38. The van der Waals surface area contributed by atoms with E-state index in [0.29, 0.717) is 41.4 Å². The molecule has 2 aromatic rings. The van der Waals surface area contributed by atoms with Gasteiger partial charge in [0.05, 0.1) is 16.3 Å². The van der Waals surface area contributed by atoms with Gasteiger partial charge in [-0.15, -0.1) is 0 Å². The number of halogens is 1. The summed E-state index contributed by atoms with van der Waals surface area (Å²) in [7, 11) is 1.58. The maximum atomic E-state index is 12.9. The van der Waals surface area contributed by atoms with E-state index >= 15 is 0 Å². The first kappa shape index (κ1) is 26.7. The van der Waals surface area contributed by atoms with Crippen molar-refractivity contribution in [3.05, 3.63) is 56.7 Å². The number of benzene rings is 2. The summed E-state index contributed by atoms with van der Waals surface area (Å²) in [6.07, 6.45) is 7.51. The molecule has 10 heteroatoms. The number of aryl methyl sites for hydroxylation is 1. The second-order valence-electron chi connectivity index (χ2n) is 9.29. The van der Waals surface area contributed by atoms with Gasteiger partial charge in [-0.2, -0.15) is 15.1 Å². The number of rotatable bonds is 8. The number of hydrogen-bond acceptors (Lipinski definition) is 7. The Hall–Kier alpha value is -2.86. The number of amides is 1. The minimum Gasteiger partial charge on any atom is -0.493 e. The van der Waals surface area contributed by atoms with Crippen LogP contribution in [-0.2, 0) is 4.79 Å². The van der Waals surface area contributed by atoms with Crippen LogP contribution in [0.15, 0.2) is 52.1 Å². The van der Waals surface area contributed by atoms with E-state index in [1.165, 1.54) is 36.0 Å². The molecule has 198 valence electrons. The number of nitrogens with one attached hydrogen (secondary N) is 1. The van der Waals surface area contributed by atoms with Crippen LogP contribution in [0.5, 0.6) is 17.2 Å². The fourth-order valence-corrected chi connectivity index (χ4v) is 6.51. The molecule has 0 atom stereocenters. The molecule has 0 aromatic heterocycles. The van der Waals surface area contributed by atoms with Gasteiger partial charge in [-0.1, -0.05) is 37.5 Å². The van der Waals surface area contributed by atoms with Crippen LogP contribution < -0.4 is 14.2 Å². The molecule has 5 rings (SSSR count). The Labute approximate surface area is 240 Å². The molecule has 1 amide bonds. The largest absolute Gasteiger partial charge is 0.493 e. The zero-order valence-corrected chi connectivity index (χ0v) is 24.3. The van der Waals surface area contributed by atoms with Crippen molar-refractivity contribution in [3.63, 3.8) is 0 Å². The van der Waals surface area contributed by atoms with Crippen molar-refractivity contribution in [1.29, 1.82) is 5.41 Å². The molecule has 1 fully saturated rings. The quantitative estimate of drug-likeness (QED) is 0.207. The lowest BCUT2D eigenvalue weighted by Crippen LogP contribution is -2.35. The Balaban J connectivity index is 1.30. The van der Waals surface area contributed by atoms with Gasteiger partial charge in [-0.05, 0) is 89.5 Å². The number of para-hydroxylation sites is 1. The Kier molecular flexibility index (Phi) is 8.37. The maximum Gasteiger partial charge on any atom is 0.283 e. The van der Waals surface area contributed by atoms with Gasteiger partial charge >= 0.3 is 0 Å². The van der Waals surface area contributed by atoms with E-state index in [4.69, 9.17) is 19.6 Å². The van der Waals surface area contributed by atoms with Crippen LogP contribution in [0, 0.1) is 21.8 Å². The standard InChI is InChI=1S/C28H29IN4O4S/c1-17-8-6-7-11-22(17)36-12-13-37-24-21(29)15-18(16-23(24)35-2)14-20-25(30)33-28(31-26(20)34)38-27(32-33)19-9-4-3-5-10-19/h6-8,11,14-16,19,30H,3-5,9-10,12-13H2,1-2H3/b20-14-,30-25?. The van der Waals surface area contributed by atoms with Crippen LogP contribution in [0.4, 0.5) is 0 Å². The molecule has 3 aliphatic rings. The summed E-state index contributed by atoms with van der Waals surface area (Å²) < 4.78 is 18.2. The van der Waals surface area contributed by atoms with Crippen LogP contribution in [-0.4, -0.2) is 47.3 Å². The molecule has 8 nitrogen and oxygen atoms in total. The highest BCUT2D eigenvalue weighted by atomic mass is 127. The molecule has 1 aliphatic carbocycles. The molecule has 1 N–H and O–H groups in total. The molecule has 0 radical (unpaired) electrons. The smallest absolute Gasteiger partial charge is 0.283 e. The average Bonchev–Trinajstić information content (AvgIpc) is 3.35. The predicted octanol–water partition coefficient (Wildman–Crippen LogP) is 6.27. The molecule has 0 spiro atoms. The topological polar surface area (TPSA) is 96.6 Å². The molecule has 2 aromatic carbocycles. The molecule has 0 saturated heterocycles. The van der Waals surface area contributed by atoms with Gasteiger partial charge in [0.2, 0.25) is 5.17 Å². The first-order valence-corrected chi connectivity index (χ1v) is 14.5. The van der Waals surface area contributed by atoms with E-state index in [9.17, 15) is 4.79 Å². The third-order valence-electron chi connectivity index (χ3n) is 6.67. The Bertz CT molecular complexity index is 1350. The molecule has 38 heavy (non-hydrogen) atoms. The average molecular weight is 645 g/mol. The normalized spacial score (nSPS) is 18.8. The first-order valence-electron chi connectivity index (χ1n) is 12.6. The summed E-state index contributed by atoms with van der Waals surface area (Å²) in [5, 5.41) is 16.3. The lowest BCUT2D eigenvalue weighted by Gasteiger charge is -2.20. The zero-order valence-electron chi connectivity index (χ0n) is 21.3. The van der Waals surface area contributed by atoms with Gasteiger partial charge < -0.3 is 14.2 Å². The Morgan fingerprint density at radius 2 is 1.89 bits per heavy atom. The van der Waals surface area contributed by atoms with E-state index in [2.05, 4.69) is 32.7 Å². The summed E-state index contributed by atoms with van der Waals surface area (Å²) in [5.41, 5.74) is 1.98. The molecular weight excluding hydrogens is 615 g/mol. The highest BCUT2D eigenvalue weighted by molar-refractivity contribution is 14.1. The lowest BCUT2D eigenvalue weighted by atomic mass is 9.90. The predicted molar refractivity (Wildman–Crippen MR) is 159 cm³/mol. The molecule has 1 saturated carbocycles. The fraction of sp³-hybridized carbons (Fsp3) is 0.357. The van der Waals surface area contributed by atoms with Crippen molar-refractivity contribution in [3.8, 4) is 17.2 Å². The van der Waals surface area contributed by atoms with Crippen molar-refractivity contribution in [2.45, 2.75) is 39.0 Å². The van der Waals surface area contributed by atoms with Gasteiger partial charge in [0.25, 0.3) is 5.91 Å². The number of ether oxygens (including phenoxy) is 3. The van der Waals surface area contributed by atoms with Gasteiger partial charge in [-0.25, -0.2) is 0 Å². The summed E-state index contributed by atoms with van der Waals surface area (Å²) in [6.45, 7) is 2.73. The van der Waals surface area contributed by atoms with E-state index in [-0.39, 0.29) is 11.4 Å². The van der Waals surface area contributed by atoms with E-state index in [1.54, 1.807) is 19.3 Å². The molecule has 0 bridgehead atoms. The van der Waals surface area contributed by atoms with E-state index in [1.807, 2.05) is 37.3 Å². The number of hydrogen-bond donors (Lipinski definition) is 1. The van der Waals surface area contributed by atoms with Crippen LogP contribution in [0.1, 0.15) is 43.2 Å². The molecule has 0 unspecified atom stereocenters. The molecule has 2 aliphatic heterocycles. The van der Waals surface area contributed by atoms with Gasteiger partial charge in [0.15, 0.2) is 17.3 Å². The van der Waals surface area contributed by atoms with Crippen LogP contribution >= 0.6 is 34.4 Å². The number of carbonyl (C=O) groups excluding carboxylic acids is 1. The van der Waals surface area contributed by atoms with Crippen molar-refractivity contribution < 1.29 is 19.0 Å². The number of nitrogens with zero attached hydrogens (tertiary/aromatic N) is 3. The number of amidine groups is 2. The number of methoxy groups -OCH3 is 1. The fourth-order valence-electron chi connectivity index (χ4n) is 4.67. The van der Waals surface area contributed by atoms with Crippen LogP contribution in [0.2, 0.25) is 0 Å². The van der Waals surface area contributed by atoms with Crippen molar-refractivity contribution >= 4 is 62.4 Å². The monoisotopic (exact) mass is 644 g/mol. The van der Waals surface area contributed by atoms with Crippen LogP contribution in [0.3, 0.4) is 0 Å². The van der Waals surface area contributed by atoms with Gasteiger partial charge in [-0.3, -0.25) is 10.2 Å². The molecular formula is C28H29IN4O4S. The minimum atomic E-state index is -0.434. The molecule has 2 heterocycles. The minimum absolute atomic E-state index is 0.0426. The Morgan fingerprint density at radius 3 is 2.66 bits per heavy atom. The van der Waals surface area contributed by atoms with Crippen molar-refractivity contribution in [2.24, 2.45) is 16.0 Å². The summed E-state index contributed by atoms with van der Waals surface area (Å²) in [5.74, 6) is 1.96. The summed E-state index contributed by atoms with van der Waals surface area (Å²) >= 11 is 3.61. The van der Waals surface area contributed by atoms with E-state index < -0.39 is 5.91 Å². The lowest BCUT2D eigenvalue weighted by molar-refractivity contribution is -0.114. The number of thioether (sulfide) groups is 1. The van der Waals surface area contributed by atoms with Gasteiger partial charge in [0.1, 0.15) is 24.0 Å². The third-order valence-corrected chi connectivity index (χ3v) is 8.54. The third kappa shape index (κ3) is 5.75. The highest BCUT2D eigenvalue weighted by Gasteiger charge is 2.38. The first-order chi connectivity index (χ1) is 18.4. The number of fused-ring (bicyclic) bond motifs is 1. The van der Waals surface area contributed by atoms with Crippen molar-refractivity contribution in [1.82, 2.24) is 5.01 Å².